The summed E-state index contributed by atoms with van der Waals surface area (Å²) in [6.45, 7) is 14.3. The van der Waals surface area contributed by atoms with Gasteiger partial charge < -0.3 is 19.3 Å². The summed E-state index contributed by atoms with van der Waals surface area (Å²) in [5.74, 6) is 0.873. The summed E-state index contributed by atoms with van der Waals surface area (Å²) in [4.78, 5) is 12.2. The third-order valence-electron chi connectivity index (χ3n) is 11.9. The van der Waals surface area contributed by atoms with E-state index in [0.29, 0.717) is 0 Å². The Kier molecular flexibility index (Phi) is 10.7. The average molecular weight is 987 g/mol. The normalized spacial score (nSPS) is 12.7. The van der Waals surface area contributed by atoms with Crippen molar-refractivity contribution in [2.24, 2.45) is 0 Å². The summed E-state index contributed by atoms with van der Waals surface area (Å²) < 4.78 is 2.28. The van der Waals surface area contributed by atoms with Crippen LogP contribution in [0.1, 0.15) is 47.1 Å². The van der Waals surface area contributed by atoms with Gasteiger partial charge in [0.25, 0.3) is 0 Å². The number of anilines is 6. The summed E-state index contributed by atoms with van der Waals surface area (Å²) in [6, 6.07) is 68.8. The van der Waals surface area contributed by atoms with Crippen molar-refractivity contribution in [3.63, 3.8) is 0 Å². The Labute approximate surface area is 380 Å². The third kappa shape index (κ3) is 7.29. The molecule has 3 heterocycles. The number of para-hydroxylation sites is 4. The van der Waals surface area contributed by atoms with E-state index in [1.807, 2.05) is 6.20 Å². The number of hydrogen-bond acceptors (Lipinski definition) is 4. The number of hydrogen-bond donors (Lipinski definition) is 0. The Morgan fingerprint density at radius 1 is 0.565 bits per heavy atom. The first-order valence-corrected chi connectivity index (χ1v) is 21.2. The van der Waals surface area contributed by atoms with Gasteiger partial charge in [-0.3, -0.25) is 0 Å². The first-order valence-electron chi connectivity index (χ1n) is 21.2. The van der Waals surface area contributed by atoms with Crippen LogP contribution in [0.25, 0.3) is 49.9 Å². The Morgan fingerprint density at radius 2 is 1.18 bits per heavy atom. The molecule has 0 atom stereocenters. The average Bonchev–Trinajstić information content (AvgIpc) is 3.84. The number of rotatable bonds is 7. The smallest absolute Gasteiger partial charge is 0.357 e. The second-order valence-electron chi connectivity index (χ2n) is 18.0. The molecule has 0 saturated heterocycles. The summed E-state index contributed by atoms with van der Waals surface area (Å²) in [5, 5.41) is 2.28. The van der Waals surface area contributed by atoms with Crippen molar-refractivity contribution in [1.29, 1.82) is 0 Å². The predicted octanol–water partition coefficient (Wildman–Crippen LogP) is 14.6. The van der Waals surface area contributed by atoms with E-state index in [1.165, 1.54) is 16.9 Å². The molecule has 0 bridgehead atoms. The van der Waals surface area contributed by atoms with Crippen LogP contribution in [0.5, 0.6) is 0 Å². The number of fused-ring (bicyclic) bond motifs is 4. The van der Waals surface area contributed by atoms with Crippen molar-refractivity contribution < 1.29 is 21.1 Å². The Bertz CT molecular complexity index is 2990. The molecule has 1 aliphatic heterocycles. The molecule has 0 fully saturated rings. The van der Waals surface area contributed by atoms with Gasteiger partial charge in [-0.1, -0.05) is 153 Å². The van der Waals surface area contributed by atoms with Crippen molar-refractivity contribution >= 4 is 55.9 Å². The predicted molar refractivity (Wildman–Crippen MR) is 256 cm³/mol. The SMILES string of the molecule is CC(C)(C)c1ccnc(-n2c3[c-]c(N(c4[c-]c(N5CN(C(C)(C)C)c6ccccc65)ccc4)c4c(-c5ccccc5)cccc4-c4ccccc4)ccc3c3ccccc32)c1.[Pt+2]. The molecular formula is C56H49N5Pt. The minimum atomic E-state index is -0.0716. The molecule has 5 nitrogen and oxygen atoms in total. The fourth-order valence-electron chi connectivity index (χ4n) is 8.84. The molecule has 7 aromatic carbocycles. The van der Waals surface area contributed by atoms with Gasteiger partial charge in [0.2, 0.25) is 0 Å². The van der Waals surface area contributed by atoms with Crippen LogP contribution in [0, 0.1) is 12.1 Å². The van der Waals surface area contributed by atoms with Gasteiger partial charge in [-0.15, -0.1) is 35.7 Å². The molecule has 6 heteroatoms. The van der Waals surface area contributed by atoms with Crippen molar-refractivity contribution in [1.82, 2.24) is 9.55 Å². The van der Waals surface area contributed by atoms with Gasteiger partial charge in [0.15, 0.2) is 0 Å². The maximum Gasteiger partial charge on any atom is 2.00 e. The molecule has 0 unspecified atom stereocenters. The first-order chi connectivity index (χ1) is 29.5. The molecule has 2 aromatic heterocycles. The monoisotopic (exact) mass is 986 g/mol. The van der Waals surface area contributed by atoms with Crippen molar-refractivity contribution in [2.75, 3.05) is 21.4 Å². The minimum absolute atomic E-state index is 0. The van der Waals surface area contributed by atoms with E-state index in [0.717, 1.165) is 79.3 Å². The Balaban J connectivity index is 0.00000490. The van der Waals surface area contributed by atoms with Gasteiger partial charge in [0.1, 0.15) is 5.82 Å². The number of nitrogens with zero attached hydrogens (tertiary/aromatic N) is 5. The summed E-state index contributed by atoms with van der Waals surface area (Å²) in [7, 11) is 0. The molecule has 0 amide bonds. The summed E-state index contributed by atoms with van der Waals surface area (Å²) in [6.07, 6.45) is 1.94. The zero-order valence-corrected chi connectivity index (χ0v) is 38.3. The quantitative estimate of drug-likeness (QED) is 0.149. The Morgan fingerprint density at radius 3 is 1.85 bits per heavy atom. The van der Waals surface area contributed by atoms with Crippen LogP contribution < -0.4 is 14.7 Å². The second kappa shape index (κ2) is 16.1. The molecule has 62 heavy (non-hydrogen) atoms. The fourth-order valence-corrected chi connectivity index (χ4v) is 8.84. The topological polar surface area (TPSA) is 27.5 Å². The van der Waals surface area contributed by atoms with Crippen LogP contribution in [0.3, 0.4) is 0 Å². The standard InChI is InChI=1S/C56H49N5.Pt/c1-55(2,3)41-33-34-57-53(35-41)61-49-28-14-13-25-47(49)48-32-31-44(37-52(48)61)60(54-45(39-19-9-7-10-20-39)26-18-27-46(54)40-21-11-8-12-22-40)43-24-17-23-42(36-43)58-38-59(56(4,5)6)51-30-16-15-29-50(51)58;/h7-35H,38H2,1-6H3;/q-2;+2. The number of benzene rings is 7. The van der Waals surface area contributed by atoms with Gasteiger partial charge >= 0.3 is 21.1 Å². The minimum Gasteiger partial charge on any atom is -0.357 e. The van der Waals surface area contributed by atoms with E-state index in [2.05, 4.69) is 243 Å². The molecule has 1 aliphatic rings. The molecule has 9 aromatic rings. The zero-order valence-electron chi connectivity index (χ0n) is 36.0. The molecule has 0 N–H and O–H groups in total. The van der Waals surface area contributed by atoms with Crippen LogP contribution in [-0.4, -0.2) is 21.8 Å². The van der Waals surface area contributed by atoms with E-state index in [-0.39, 0.29) is 32.0 Å². The van der Waals surface area contributed by atoms with Gasteiger partial charge in [-0.2, -0.15) is 12.1 Å². The first kappa shape index (κ1) is 41.0. The van der Waals surface area contributed by atoms with Crippen molar-refractivity contribution in [2.45, 2.75) is 52.5 Å². The van der Waals surface area contributed by atoms with Crippen LogP contribution in [0.2, 0.25) is 0 Å². The number of pyridine rings is 1. The summed E-state index contributed by atoms with van der Waals surface area (Å²) in [5.41, 5.74) is 13.9. The number of aromatic nitrogens is 2. The van der Waals surface area contributed by atoms with E-state index < -0.39 is 0 Å². The van der Waals surface area contributed by atoms with Crippen LogP contribution in [0.15, 0.2) is 176 Å². The largest absolute Gasteiger partial charge is 2.00 e. The van der Waals surface area contributed by atoms with Gasteiger partial charge in [0.05, 0.1) is 23.7 Å². The second-order valence-corrected chi connectivity index (χ2v) is 18.0. The van der Waals surface area contributed by atoms with Gasteiger partial charge in [-0.05, 0) is 78.6 Å². The van der Waals surface area contributed by atoms with E-state index in [1.54, 1.807) is 0 Å². The maximum absolute atomic E-state index is 5.01. The Hall–Kier alpha value is -6.42. The molecule has 10 rings (SSSR count). The van der Waals surface area contributed by atoms with Crippen molar-refractivity contribution in [3.8, 4) is 28.1 Å². The molecule has 0 radical (unpaired) electrons. The third-order valence-corrected chi connectivity index (χ3v) is 11.9. The van der Waals surface area contributed by atoms with E-state index in [9.17, 15) is 0 Å². The molecule has 0 saturated carbocycles. The van der Waals surface area contributed by atoms with Crippen LogP contribution in [-0.2, 0) is 26.5 Å². The van der Waals surface area contributed by atoms with E-state index >= 15 is 0 Å². The molecule has 0 aliphatic carbocycles. The maximum atomic E-state index is 5.01. The van der Waals surface area contributed by atoms with Crippen molar-refractivity contribution in [3.05, 3.63) is 194 Å². The van der Waals surface area contributed by atoms with Crippen LogP contribution >= 0.6 is 0 Å². The van der Waals surface area contributed by atoms with E-state index in [4.69, 9.17) is 4.98 Å². The molecular weight excluding hydrogens is 938 g/mol. The zero-order chi connectivity index (χ0) is 41.9. The van der Waals surface area contributed by atoms with Gasteiger partial charge in [0, 0.05) is 28.4 Å². The summed E-state index contributed by atoms with van der Waals surface area (Å²) >= 11 is 0. The van der Waals surface area contributed by atoms with Crippen LogP contribution in [0.4, 0.5) is 34.1 Å². The molecule has 0 spiro atoms. The fraction of sp³-hybridized carbons (Fsp3) is 0.161. The van der Waals surface area contributed by atoms with Gasteiger partial charge in [-0.25, -0.2) is 4.98 Å². The molecule has 308 valence electrons.